The summed E-state index contributed by atoms with van der Waals surface area (Å²) in [5, 5.41) is 6.81. The molecule has 2 aliphatic heterocycles. The van der Waals surface area contributed by atoms with Gasteiger partial charge in [0.15, 0.2) is 5.75 Å². The third kappa shape index (κ3) is 10.5. The minimum absolute atomic E-state index is 0.141. The van der Waals surface area contributed by atoms with Crippen molar-refractivity contribution in [3.05, 3.63) is 58.3 Å². The minimum Gasteiger partial charge on any atom is -0.436 e. The lowest BCUT2D eigenvalue weighted by molar-refractivity contribution is 0.175. The molecule has 2 aromatic heterocycles. The predicted octanol–water partition coefficient (Wildman–Crippen LogP) is 5.06. The lowest BCUT2D eigenvalue weighted by Gasteiger charge is -2.35. The molecule has 0 saturated carbocycles. The molecule has 254 valence electrons. The number of halogens is 2. The summed E-state index contributed by atoms with van der Waals surface area (Å²) in [6.07, 6.45) is 8.10. The van der Waals surface area contributed by atoms with E-state index in [-0.39, 0.29) is 11.3 Å². The number of hydrogen-bond acceptors (Lipinski definition) is 9. The van der Waals surface area contributed by atoms with Gasteiger partial charge in [-0.15, -0.1) is 0 Å². The molecule has 2 fully saturated rings. The zero-order chi connectivity index (χ0) is 33.3. The minimum atomic E-state index is -0.787. The Morgan fingerprint density at radius 3 is 2.32 bits per heavy atom. The Bertz CT molecular complexity index is 1500. The number of urea groups is 1. The third-order valence-electron chi connectivity index (χ3n) is 8.82. The molecular weight excluding hydrogens is 659 g/mol. The summed E-state index contributed by atoms with van der Waals surface area (Å²) >= 11 is 12.7. The zero-order valence-electron chi connectivity index (χ0n) is 27.3. The highest BCUT2D eigenvalue weighted by Gasteiger charge is 2.22. The number of rotatable bonds is 12. The summed E-state index contributed by atoms with van der Waals surface area (Å²) in [7, 11) is 0.842. The number of piperidine rings is 1. The summed E-state index contributed by atoms with van der Waals surface area (Å²) in [5.41, 5.74) is 2.57. The third-order valence-corrected chi connectivity index (χ3v) is 10.6. The molecule has 2 amide bonds. The average molecular weight is 704 g/mol. The van der Waals surface area contributed by atoms with Gasteiger partial charge >= 0.3 is 6.03 Å². The van der Waals surface area contributed by atoms with E-state index in [0.717, 1.165) is 82.7 Å². The van der Waals surface area contributed by atoms with E-state index in [9.17, 15) is 9.00 Å². The maximum Gasteiger partial charge on any atom is 0.314 e. The normalized spacial score (nSPS) is 17.7. The number of likely N-dealkylation sites (tertiary alicyclic amines) is 1. The smallest absolute Gasteiger partial charge is 0.314 e. The van der Waals surface area contributed by atoms with Crippen molar-refractivity contribution in [2.24, 2.45) is 5.92 Å². The first-order valence-electron chi connectivity index (χ1n) is 16.1. The predicted molar refractivity (Wildman–Crippen MR) is 189 cm³/mol. The summed E-state index contributed by atoms with van der Waals surface area (Å²) in [6.45, 7) is 9.77. The van der Waals surface area contributed by atoms with Gasteiger partial charge in [-0.3, -0.25) is 14.0 Å². The maximum absolute atomic E-state index is 11.7. The monoisotopic (exact) mass is 702 g/mol. The lowest BCUT2D eigenvalue weighted by Crippen LogP contribution is -2.47. The van der Waals surface area contributed by atoms with Crippen molar-refractivity contribution in [3.63, 3.8) is 0 Å². The Morgan fingerprint density at radius 2 is 1.68 bits per heavy atom. The fraction of sp³-hybridized carbons (Fsp3) is 0.515. The molecule has 3 aromatic rings. The van der Waals surface area contributed by atoms with Crippen molar-refractivity contribution < 1.29 is 13.7 Å². The van der Waals surface area contributed by atoms with Crippen LogP contribution in [0.5, 0.6) is 11.6 Å². The van der Waals surface area contributed by atoms with Crippen LogP contribution in [-0.2, 0) is 17.3 Å². The lowest BCUT2D eigenvalue weighted by atomic mass is 9.96. The summed E-state index contributed by atoms with van der Waals surface area (Å²) in [4.78, 5) is 32.6. The molecule has 0 bridgehead atoms. The number of hydrogen-bond donors (Lipinski definition) is 2. The SMILES string of the molecule is CNC(=O)NCC1CCN(Cc2cc(Oc3cnc(N4CCN(CCC(C)S(C)=O)CC4)nc3)nc(-c3cc(Cl)cc(Cl)c3)c2)CC1. The van der Waals surface area contributed by atoms with Crippen LogP contribution in [0.3, 0.4) is 0 Å². The molecule has 1 aromatic carbocycles. The second-order valence-corrected chi connectivity index (χ2v) is 15.0. The standard InChI is InChI=1S/C33H44Cl2N8O3S/c1-23(47(3)45)4-7-41-10-12-43(13-11-41)32-37-20-29(21-38-32)46-31-15-25(14-30(40-31)26-16-27(34)18-28(35)17-26)22-42-8-5-24(6-9-42)19-39-33(44)36-2/h14-18,20-21,23-24H,4-13,19,22H2,1-3H3,(H2,36,39,44). The summed E-state index contributed by atoms with van der Waals surface area (Å²) in [5.74, 6) is 2.06. The first-order valence-corrected chi connectivity index (χ1v) is 18.5. The first kappa shape index (κ1) is 35.3. The van der Waals surface area contributed by atoms with E-state index in [1.54, 1.807) is 31.8 Å². The van der Waals surface area contributed by atoms with Crippen LogP contribution >= 0.6 is 23.2 Å². The van der Waals surface area contributed by atoms with Gasteiger partial charge in [-0.1, -0.05) is 30.1 Å². The molecule has 11 nitrogen and oxygen atoms in total. The molecule has 4 heterocycles. The fourth-order valence-electron chi connectivity index (χ4n) is 5.83. The number of carbonyl (C=O) groups is 1. The topological polar surface area (TPSA) is 116 Å². The van der Waals surface area contributed by atoms with Crippen LogP contribution in [0, 0.1) is 5.92 Å². The van der Waals surface area contributed by atoms with Gasteiger partial charge in [-0.05, 0) is 74.6 Å². The molecule has 14 heteroatoms. The quantitative estimate of drug-likeness (QED) is 0.267. The Labute approximate surface area is 289 Å². The summed E-state index contributed by atoms with van der Waals surface area (Å²) < 4.78 is 17.9. The second kappa shape index (κ2) is 16.9. The molecule has 0 aliphatic carbocycles. The number of carbonyl (C=O) groups excluding carboxylic acids is 1. The van der Waals surface area contributed by atoms with Crippen molar-refractivity contribution in [3.8, 4) is 22.9 Å². The number of anilines is 1. The van der Waals surface area contributed by atoms with Crippen LogP contribution in [0.25, 0.3) is 11.3 Å². The molecular formula is C33H44Cl2N8O3S. The van der Waals surface area contributed by atoms with Crippen molar-refractivity contribution in [1.82, 2.24) is 35.4 Å². The largest absolute Gasteiger partial charge is 0.436 e. The first-order chi connectivity index (χ1) is 22.6. The van der Waals surface area contributed by atoms with Crippen molar-refractivity contribution in [2.75, 3.05) is 70.6 Å². The molecule has 2 saturated heterocycles. The van der Waals surface area contributed by atoms with Crippen molar-refractivity contribution in [1.29, 1.82) is 0 Å². The highest BCUT2D eigenvalue weighted by molar-refractivity contribution is 7.84. The van der Waals surface area contributed by atoms with E-state index in [2.05, 4.69) is 41.4 Å². The van der Waals surface area contributed by atoms with E-state index < -0.39 is 10.8 Å². The number of nitrogens with zero attached hydrogens (tertiary/aromatic N) is 6. The van der Waals surface area contributed by atoms with Crippen LogP contribution < -0.4 is 20.3 Å². The average Bonchev–Trinajstić information content (AvgIpc) is 3.06. The van der Waals surface area contributed by atoms with Crippen molar-refractivity contribution in [2.45, 2.75) is 38.0 Å². The molecule has 2 unspecified atom stereocenters. The van der Waals surface area contributed by atoms with Crippen LogP contribution in [-0.4, -0.2) is 106 Å². The summed E-state index contributed by atoms with van der Waals surface area (Å²) in [6, 6.07) is 9.25. The van der Waals surface area contributed by atoms with Crippen LogP contribution in [0.4, 0.5) is 10.7 Å². The van der Waals surface area contributed by atoms with Gasteiger partial charge in [0, 0.05) is 90.3 Å². The van der Waals surface area contributed by atoms with Gasteiger partial charge < -0.3 is 20.3 Å². The maximum atomic E-state index is 11.7. The van der Waals surface area contributed by atoms with Gasteiger partial charge in [-0.25, -0.2) is 19.7 Å². The molecule has 47 heavy (non-hydrogen) atoms. The van der Waals surface area contributed by atoms with Crippen LogP contribution in [0.2, 0.25) is 10.0 Å². The Balaban J connectivity index is 1.24. The Morgan fingerprint density at radius 1 is 1.00 bits per heavy atom. The Kier molecular flexibility index (Phi) is 12.7. The number of amides is 2. The molecule has 0 radical (unpaired) electrons. The number of benzene rings is 1. The molecule has 2 aliphatic rings. The highest BCUT2D eigenvalue weighted by Crippen LogP contribution is 2.31. The van der Waals surface area contributed by atoms with E-state index in [4.69, 9.17) is 32.9 Å². The van der Waals surface area contributed by atoms with Crippen molar-refractivity contribution >= 4 is 46.0 Å². The second-order valence-electron chi connectivity index (χ2n) is 12.3. The van der Waals surface area contributed by atoms with E-state index in [1.807, 2.05) is 25.1 Å². The molecule has 2 atom stereocenters. The number of piperazine rings is 1. The highest BCUT2D eigenvalue weighted by atomic mass is 35.5. The number of nitrogens with one attached hydrogen (secondary N) is 2. The molecule has 5 rings (SSSR count). The van der Waals surface area contributed by atoms with Gasteiger partial charge in [0.2, 0.25) is 11.8 Å². The van der Waals surface area contributed by atoms with Crippen LogP contribution in [0.1, 0.15) is 31.7 Å². The zero-order valence-corrected chi connectivity index (χ0v) is 29.6. The van der Waals surface area contributed by atoms with Gasteiger partial charge in [-0.2, -0.15) is 0 Å². The fourth-order valence-corrected chi connectivity index (χ4v) is 6.80. The number of aromatic nitrogens is 3. The molecule has 2 N–H and O–H groups in total. The molecule has 0 spiro atoms. The Hall–Kier alpha value is -3.03. The van der Waals surface area contributed by atoms with Crippen LogP contribution in [0.15, 0.2) is 42.7 Å². The number of ether oxygens (including phenoxy) is 1. The van der Waals surface area contributed by atoms with E-state index in [0.29, 0.717) is 45.8 Å². The van der Waals surface area contributed by atoms with E-state index >= 15 is 0 Å². The number of pyridine rings is 1. The van der Waals surface area contributed by atoms with Gasteiger partial charge in [0.1, 0.15) is 0 Å². The van der Waals surface area contributed by atoms with Gasteiger partial charge in [0.25, 0.3) is 0 Å². The van der Waals surface area contributed by atoms with Gasteiger partial charge in [0.05, 0.1) is 18.1 Å². The van der Waals surface area contributed by atoms with E-state index in [1.165, 1.54) is 0 Å².